The standard InChI is InChI=1S/C16H23N5O/c1-2-15-18-5-7-21(15)16-11-17-10-14(19-16)13-4-3-6-20(12-13)8-9-22/h5,7,10-11,13,22H,2-4,6,8-9,12H2,1H3/t13-/m1/s1. The number of aliphatic hydroxyl groups excluding tert-OH is 1. The molecule has 3 rings (SSSR count). The quantitative estimate of drug-likeness (QED) is 0.904. The molecule has 0 bridgehead atoms. The first-order valence-electron chi connectivity index (χ1n) is 7.99. The summed E-state index contributed by atoms with van der Waals surface area (Å²) in [4.78, 5) is 15.8. The molecule has 1 aliphatic heterocycles. The Morgan fingerprint density at radius 3 is 3.09 bits per heavy atom. The molecule has 0 aliphatic carbocycles. The summed E-state index contributed by atoms with van der Waals surface area (Å²) < 4.78 is 2.00. The van der Waals surface area contributed by atoms with Crippen LogP contribution in [0.3, 0.4) is 0 Å². The van der Waals surface area contributed by atoms with Gasteiger partial charge in [0.15, 0.2) is 5.82 Å². The zero-order chi connectivity index (χ0) is 15.4. The molecule has 1 atom stereocenters. The second kappa shape index (κ2) is 6.98. The lowest BCUT2D eigenvalue weighted by Gasteiger charge is -2.31. The van der Waals surface area contributed by atoms with Crippen LogP contribution in [0.25, 0.3) is 5.82 Å². The molecule has 1 aliphatic rings. The molecule has 6 heteroatoms. The molecule has 3 heterocycles. The van der Waals surface area contributed by atoms with Crippen LogP contribution < -0.4 is 0 Å². The highest BCUT2D eigenvalue weighted by Crippen LogP contribution is 2.25. The van der Waals surface area contributed by atoms with Crippen molar-refractivity contribution in [1.29, 1.82) is 0 Å². The van der Waals surface area contributed by atoms with E-state index in [4.69, 9.17) is 10.1 Å². The number of aryl methyl sites for hydroxylation is 1. The summed E-state index contributed by atoms with van der Waals surface area (Å²) in [7, 11) is 0. The van der Waals surface area contributed by atoms with Gasteiger partial charge in [0.1, 0.15) is 5.82 Å². The minimum atomic E-state index is 0.216. The maximum Gasteiger partial charge on any atom is 0.156 e. The van der Waals surface area contributed by atoms with Crippen molar-refractivity contribution in [3.63, 3.8) is 0 Å². The van der Waals surface area contributed by atoms with E-state index in [1.807, 2.05) is 17.0 Å². The van der Waals surface area contributed by atoms with Gasteiger partial charge < -0.3 is 10.0 Å². The van der Waals surface area contributed by atoms with Gasteiger partial charge in [-0.2, -0.15) is 0 Å². The van der Waals surface area contributed by atoms with E-state index in [1.165, 1.54) is 0 Å². The van der Waals surface area contributed by atoms with Gasteiger partial charge in [-0.05, 0) is 19.4 Å². The highest BCUT2D eigenvalue weighted by Gasteiger charge is 2.22. The van der Waals surface area contributed by atoms with E-state index < -0.39 is 0 Å². The van der Waals surface area contributed by atoms with E-state index in [1.54, 1.807) is 12.4 Å². The van der Waals surface area contributed by atoms with Crippen LogP contribution in [0.2, 0.25) is 0 Å². The van der Waals surface area contributed by atoms with Gasteiger partial charge in [-0.25, -0.2) is 9.97 Å². The molecular formula is C16H23N5O. The van der Waals surface area contributed by atoms with Crippen molar-refractivity contribution in [3.8, 4) is 5.82 Å². The van der Waals surface area contributed by atoms with Gasteiger partial charge in [0.2, 0.25) is 0 Å². The second-order valence-corrected chi connectivity index (χ2v) is 5.73. The summed E-state index contributed by atoms with van der Waals surface area (Å²) in [6.45, 7) is 5.05. The molecule has 1 fully saturated rings. The number of imidazole rings is 1. The van der Waals surface area contributed by atoms with Crippen LogP contribution in [0.15, 0.2) is 24.8 Å². The van der Waals surface area contributed by atoms with Crippen molar-refractivity contribution in [2.75, 3.05) is 26.2 Å². The van der Waals surface area contributed by atoms with Crippen LogP contribution in [-0.4, -0.2) is 55.8 Å². The third kappa shape index (κ3) is 3.18. The van der Waals surface area contributed by atoms with E-state index in [0.717, 1.165) is 56.2 Å². The number of rotatable bonds is 5. The van der Waals surface area contributed by atoms with Crippen LogP contribution in [0, 0.1) is 0 Å². The number of β-amino-alcohol motifs (C(OH)–C–C–N with tert-alkyl or cyclic N) is 1. The Morgan fingerprint density at radius 2 is 2.27 bits per heavy atom. The topological polar surface area (TPSA) is 67.1 Å². The highest BCUT2D eigenvalue weighted by molar-refractivity contribution is 5.24. The molecule has 0 spiro atoms. The molecule has 22 heavy (non-hydrogen) atoms. The van der Waals surface area contributed by atoms with E-state index in [9.17, 15) is 0 Å². The average Bonchev–Trinajstić information content (AvgIpc) is 3.04. The smallest absolute Gasteiger partial charge is 0.156 e. The third-order valence-electron chi connectivity index (χ3n) is 4.26. The molecule has 0 aromatic carbocycles. The van der Waals surface area contributed by atoms with Crippen LogP contribution in [0.4, 0.5) is 0 Å². The first kappa shape index (κ1) is 15.1. The molecule has 1 saturated heterocycles. The van der Waals surface area contributed by atoms with Crippen molar-refractivity contribution < 1.29 is 5.11 Å². The SMILES string of the molecule is CCc1nccn1-c1cncc([C@@H]2CCCN(CCO)C2)n1. The van der Waals surface area contributed by atoms with E-state index in [0.29, 0.717) is 5.92 Å². The Balaban J connectivity index is 1.82. The molecular weight excluding hydrogens is 278 g/mol. The summed E-state index contributed by atoms with van der Waals surface area (Å²) in [5.41, 5.74) is 1.04. The molecule has 0 saturated carbocycles. The maximum atomic E-state index is 9.12. The van der Waals surface area contributed by atoms with E-state index in [-0.39, 0.29) is 6.61 Å². The lowest BCUT2D eigenvalue weighted by atomic mass is 9.95. The van der Waals surface area contributed by atoms with Gasteiger partial charge in [0, 0.05) is 44.0 Å². The second-order valence-electron chi connectivity index (χ2n) is 5.73. The fourth-order valence-corrected chi connectivity index (χ4v) is 3.13. The fourth-order valence-electron chi connectivity index (χ4n) is 3.13. The first-order chi connectivity index (χ1) is 10.8. The number of piperidine rings is 1. The Labute approximate surface area is 130 Å². The van der Waals surface area contributed by atoms with Crippen LogP contribution in [-0.2, 0) is 6.42 Å². The summed E-state index contributed by atoms with van der Waals surface area (Å²) in [5.74, 6) is 2.23. The molecule has 0 amide bonds. The number of hydrogen-bond acceptors (Lipinski definition) is 5. The molecule has 2 aromatic rings. The van der Waals surface area contributed by atoms with E-state index >= 15 is 0 Å². The van der Waals surface area contributed by atoms with Crippen molar-refractivity contribution >= 4 is 0 Å². The Bertz CT molecular complexity index is 610. The van der Waals surface area contributed by atoms with Crippen molar-refractivity contribution in [2.24, 2.45) is 0 Å². The predicted molar refractivity (Wildman–Crippen MR) is 84.0 cm³/mol. The fraction of sp³-hybridized carbons (Fsp3) is 0.562. The molecule has 0 radical (unpaired) electrons. The minimum absolute atomic E-state index is 0.216. The lowest BCUT2D eigenvalue weighted by molar-refractivity contribution is 0.160. The van der Waals surface area contributed by atoms with Crippen LogP contribution in [0.1, 0.15) is 37.2 Å². The summed E-state index contributed by atoms with van der Waals surface area (Å²) >= 11 is 0. The summed E-state index contributed by atoms with van der Waals surface area (Å²) in [6.07, 6.45) is 10.5. The maximum absolute atomic E-state index is 9.12. The van der Waals surface area contributed by atoms with Crippen molar-refractivity contribution in [2.45, 2.75) is 32.1 Å². The summed E-state index contributed by atoms with van der Waals surface area (Å²) in [6, 6.07) is 0. The number of nitrogens with zero attached hydrogens (tertiary/aromatic N) is 5. The molecule has 1 N–H and O–H groups in total. The van der Waals surface area contributed by atoms with Crippen molar-refractivity contribution in [1.82, 2.24) is 24.4 Å². The van der Waals surface area contributed by atoms with Crippen LogP contribution >= 0.6 is 0 Å². The zero-order valence-corrected chi connectivity index (χ0v) is 13.0. The van der Waals surface area contributed by atoms with Gasteiger partial charge in [0.05, 0.1) is 18.5 Å². The highest BCUT2D eigenvalue weighted by atomic mass is 16.3. The first-order valence-corrected chi connectivity index (χ1v) is 7.99. The molecule has 6 nitrogen and oxygen atoms in total. The largest absolute Gasteiger partial charge is 0.395 e. The van der Waals surface area contributed by atoms with Crippen LogP contribution in [0.5, 0.6) is 0 Å². The van der Waals surface area contributed by atoms with Gasteiger partial charge in [0.25, 0.3) is 0 Å². The van der Waals surface area contributed by atoms with Gasteiger partial charge >= 0.3 is 0 Å². The van der Waals surface area contributed by atoms with Gasteiger partial charge in [-0.3, -0.25) is 9.55 Å². The predicted octanol–water partition coefficient (Wildman–Crippen LogP) is 1.40. The summed E-state index contributed by atoms with van der Waals surface area (Å²) in [5, 5.41) is 9.12. The Hall–Kier alpha value is -1.79. The lowest BCUT2D eigenvalue weighted by Crippen LogP contribution is -2.36. The van der Waals surface area contributed by atoms with E-state index in [2.05, 4.69) is 21.8 Å². The molecule has 0 unspecified atom stereocenters. The number of hydrogen-bond donors (Lipinski definition) is 1. The Morgan fingerprint density at radius 1 is 1.36 bits per heavy atom. The monoisotopic (exact) mass is 301 g/mol. The Kier molecular flexibility index (Phi) is 4.80. The van der Waals surface area contributed by atoms with Crippen molar-refractivity contribution in [3.05, 3.63) is 36.3 Å². The number of aromatic nitrogens is 4. The average molecular weight is 301 g/mol. The number of likely N-dealkylation sites (tertiary alicyclic amines) is 1. The van der Waals surface area contributed by atoms with Gasteiger partial charge in [-0.1, -0.05) is 6.92 Å². The molecule has 118 valence electrons. The molecule has 2 aromatic heterocycles. The number of aliphatic hydroxyl groups is 1. The third-order valence-corrected chi connectivity index (χ3v) is 4.26. The van der Waals surface area contributed by atoms with Gasteiger partial charge in [-0.15, -0.1) is 0 Å². The normalized spacial score (nSPS) is 19.5. The zero-order valence-electron chi connectivity index (χ0n) is 13.0. The minimum Gasteiger partial charge on any atom is -0.395 e.